The van der Waals surface area contributed by atoms with Gasteiger partial charge in [-0.25, -0.2) is 8.42 Å². The van der Waals surface area contributed by atoms with Crippen molar-refractivity contribution in [1.82, 2.24) is 9.29 Å². The normalized spacial score (nSPS) is 27.9. The number of hydrogen-bond donors (Lipinski definition) is 0. The highest BCUT2D eigenvalue weighted by molar-refractivity contribution is 8.01. The Labute approximate surface area is 135 Å². The molecule has 0 amide bonds. The summed E-state index contributed by atoms with van der Waals surface area (Å²) in [5, 5.41) is -0.0903. The average molecular weight is 340 g/mol. The van der Waals surface area contributed by atoms with E-state index in [9.17, 15) is 8.42 Å². The Hall–Kier alpha value is -0.630. The summed E-state index contributed by atoms with van der Waals surface area (Å²) in [7, 11) is -3.00. The quantitative estimate of drug-likeness (QED) is 0.816. The molecule has 3 aliphatic rings. The van der Waals surface area contributed by atoms with E-state index in [1.807, 2.05) is 30.0 Å². The molecule has 1 saturated carbocycles. The van der Waals surface area contributed by atoms with Crippen molar-refractivity contribution in [1.29, 1.82) is 0 Å². The summed E-state index contributed by atoms with van der Waals surface area (Å²) in [6.07, 6.45) is 4.61. The van der Waals surface area contributed by atoms with E-state index in [-0.39, 0.29) is 16.1 Å². The van der Waals surface area contributed by atoms with Gasteiger partial charge >= 0.3 is 0 Å². The van der Waals surface area contributed by atoms with Gasteiger partial charge in [0, 0.05) is 29.8 Å². The molecule has 5 nitrogen and oxygen atoms in total. The van der Waals surface area contributed by atoms with Crippen LogP contribution >= 0.6 is 11.8 Å². The molecule has 1 atom stereocenters. The number of ether oxygens (including phenoxy) is 1. The highest BCUT2D eigenvalue weighted by Gasteiger charge is 2.55. The topological polar surface area (TPSA) is 59.5 Å². The van der Waals surface area contributed by atoms with Crippen molar-refractivity contribution in [3.05, 3.63) is 30.1 Å². The van der Waals surface area contributed by atoms with Crippen LogP contribution in [0.15, 0.2) is 24.4 Å². The standard InChI is InChI=1S/C15H20N2O3S2/c18-22(19,14-4-5-14)17-10-15(11-17)7-13(9-21-15)20-8-12-3-1-2-6-16-12/h1-3,6,13-14H,4-5,7-11H2/t13-/m0/s1. The Morgan fingerprint density at radius 1 is 1.36 bits per heavy atom. The van der Waals surface area contributed by atoms with Crippen LogP contribution in [0.2, 0.25) is 0 Å². The Balaban J connectivity index is 1.29. The van der Waals surface area contributed by atoms with Gasteiger partial charge < -0.3 is 4.74 Å². The third kappa shape index (κ3) is 2.79. The van der Waals surface area contributed by atoms with Gasteiger partial charge in [0.05, 0.1) is 23.7 Å². The number of thioether (sulfide) groups is 1. The van der Waals surface area contributed by atoms with Crippen LogP contribution < -0.4 is 0 Å². The van der Waals surface area contributed by atoms with Gasteiger partial charge in [0.2, 0.25) is 10.0 Å². The molecule has 1 spiro atoms. The maximum atomic E-state index is 12.2. The summed E-state index contributed by atoms with van der Waals surface area (Å²) in [5.74, 6) is 0.949. The largest absolute Gasteiger partial charge is 0.371 e. The van der Waals surface area contributed by atoms with Crippen molar-refractivity contribution < 1.29 is 13.2 Å². The number of rotatable bonds is 5. The van der Waals surface area contributed by atoms with E-state index in [1.165, 1.54) is 0 Å². The van der Waals surface area contributed by atoms with E-state index >= 15 is 0 Å². The fourth-order valence-corrected chi connectivity index (χ4v) is 6.89. The molecule has 22 heavy (non-hydrogen) atoms. The molecule has 1 aromatic heterocycles. The second-order valence-electron chi connectivity index (χ2n) is 6.46. The number of aromatic nitrogens is 1. The first-order chi connectivity index (χ1) is 10.6. The monoisotopic (exact) mass is 340 g/mol. The molecule has 0 bridgehead atoms. The van der Waals surface area contributed by atoms with Crippen molar-refractivity contribution in [2.75, 3.05) is 18.8 Å². The zero-order chi connectivity index (χ0) is 15.2. The summed E-state index contributed by atoms with van der Waals surface area (Å²) in [6, 6.07) is 5.82. The Morgan fingerprint density at radius 2 is 2.18 bits per heavy atom. The third-order valence-corrected chi connectivity index (χ3v) is 8.47. The van der Waals surface area contributed by atoms with Gasteiger partial charge in [-0.2, -0.15) is 4.31 Å². The highest BCUT2D eigenvalue weighted by atomic mass is 32.2. The maximum absolute atomic E-state index is 12.2. The Kier molecular flexibility index (Phi) is 3.71. The molecule has 3 heterocycles. The molecule has 0 aromatic carbocycles. The van der Waals surface area contributed by atoms with Crippen molar-refractivity contribution in [3.8, 4) is 0 Å². The van der Waals surface area contributed by atoms with Crippen LogP contribution in [0.4, 0.5) is 0 Å². The molecular weight excluding hydrogens is 320 g/mol. The van der Waals surface area contributed by atoms with Crippen LogP contribution in [-0.4, -0.2) is 52.7 Å². The van der Waals surface area contributed by atoms with Crippen molar-refractivity contribution in [3.63, 3.8) is 0 Å². The van der Waals surface area contributed by atoms with Crippen LogP contribution in [0.25, 0.3) is 0 Å². The fourth-order valence-electron chi connectivity index (χ4n) is 3.17. The predicted molar refractivity (Wildman–Crippen MR) is 86.1 cm³/mol. The zero-order valence-electron chi connectivity index (χ0n) is 12.3. The van der Waals surface area contributed by atoms with E-state index in [1.54, 1.807) is 10.5 Å². The van der Waals surface area contributed by atoms with Gasteiger partial charge in [-0.05, 0) is 31.4 Å². The van der Waals surface area contributed by atoms with Gasteiger partial charge in [-0.1, -0.05) is 6.07 Å². The summed E-state index contributed by atoms with van der Waals surface area (Å²) >= 11 is 1.88. The predicted octanol–water partition coefficient (Wildman–Crippen LogP) is 1.65. The smallest absolute Gasteiger partial charge is 0.217 e. The molecule has 1 aromatic rings. The molecule has 7 heteroatoms. The summed E-state index contributed by atoms with van der Waals surface area (Å²) < 4.78 is 32.1. The van der Waals surface area contributed by atoms with Crippen molar-refractivity contribution in [2.24, 2.45) is 0 Å². The highest BCUT2D eigenvalue weighted by Crippen LogP contribution is 2.48. The SMILES string of the molecule is O=S(=O)(C1CC1)N1CC2(C[C@H](OCc3ccccn3)CS2)C1. The summed E-state index contributed by atoms with van der Waals surface area (Å²) in [6.45, 7) is 1.87. The lowest BCUT2D eigenvalue weighted by atomic mass is 9.95. The van der Waals surface area contributed by atoms with Gasteiger partial charge in [0.1, 0.15) is 0 Å². The molecule has 3 fully saturated rings. The lowest BCUT2D eigenvalue weighted by Crippen LogP contribution is -2.61. The molecule has 4 rings (SSSR count). The first-order valence-electron chi connectivity index (χ1n) is 7.72. The van der Waals surface area contributed by atoms with Crippen LogP contribution in [0, 0.1) is 0 Å². The Bertz CT molecular complexity index is 640. The molecule has 0 unspecified atom stereocenters. The average Bonchev–Trinajstić information content (AvgIpc) is 3.25. The minimum Gasteiger partial charge on any atom is -0.371 e. The number of nitrogens with zero attached hydrogens (tertiary/aromatic N) is 2. The second kappa shape index (κ2) is 5.47. The van der Waals surface area contributed by atoms with Gasteiger partial charge in [-0.15, -0.1) is 11.8 Å². The van der Waals surface area contributed by atoms with Crippen LogP contribution in [-0.2, 0) is 21.4 Å². The lowest BCUT2D eigenvalue weighted by Gasteiger charge is -2.46. The van der Waals surface area contributed by atoms with Crippen molar-refractivity contribution >= 4 is 21.8 Å². The van der Waals surface area contributed by atoms with Crippen molar-refractivity contribution in [2.45, 2.75) is 42.0 Å². The fraction of sp³-hybridized carbons (Fsp3) is 0.667. The van der Waals surface area contributed by atoms with E-state index in [2.05, 4.69) is 4.98 Å². The number of hydrogen-bond acceptors (Lipinski definition) is 5. The number of pyridine rings is 1. The van der Waals surface area contributed by atoms with Crippen LogP contribution in [0.5, 0.6) is 0 Å². The molecule has 1 aliphatic carbocycles. The Morgan fingerprint density at radius 3 is 2.86 bits per heavy atom. The van der Waals surface area contributed by atoms with E-state index in [4.69, 9.17) is 4.74 Å². The minimum atomic E-state index is -3.00. The van der Waals surface area contributed by atoms with Gasteiger partial charge in [-0.3, -0.25) is 4.98 Å². The lowest BCUT2D eigenvalue weighted by molar-refractivity contribution is 0.0380. The van der Waals surface area contributed by atoms with Crippen LogP contribution in [0.3, 0.4) is 0 Å². The summed E-state index contributed by atoms with van der Waals surface area (Å²) in [5.41, 5.74) is 0.944. The first-order valence-corrected chi connectivity index (χ1v) is 10.2. The minimum absolute atomic E-state index is 0.0903. The molecule has 2 aliphatic heterocycles. The molecule has 0 radical (unpaired) electrons. The third-order valence-electron chi connectivity index (χ3n) is 4.60. The molecule has 120 valence electrons. The molecule has 0 N–H and O–H groups in total. The maximum Gasteiger partial charge on any atom is 0.217 e. The zero-order valence-corrected chi connectivity index (χ0v) is 14.0. The van der Waals surface area contributed by atoms with E-state index < -0.39 is 10.0 Å². The summed E-state index contributed by atoms with van der Waals surface area (Å²) in [4.78, 5) is 4.26. The van der Waals surface area contributed by atoms with E-state index in [0.29, 0.717) is 19.7 Å². The molecular formula is C15H20N2O3S2. The second-order valence-corrected chi connectivity index (χ2v) is 10.2. The molecule has 2 saturated heterocycles. The van der Waals surface area contributed by atoms with Crippen LogP contribution in [0.1, 0.15) is 25.0 Å². The van der Waals surface area contributed by atoms with Gasteiger partial charge in [0.25, 0.3) is 0 Å². The van der Waals surface area contributed by atoms with Gasteiger partial charge in [0.15, 0.2) is 0 Å². The number of sulfonamides is 1. The first kappa shape index (κ1) is 14.9. The van der Waals surface area contributed by atoms with E-state index in [0.717, 1.165) is 30.7 Å².